The fraction of sp³-hybridized carbons (Fsp3) is 0.462. The van der Waals surface area contributed by atoms with Crippen molar-refractivity contribution in [3.05, 3.63) is 64.7 Å². The first-order chi connectivity index (χ1) is 15.6. The number of aryl methyl sites for hydroxylation is 1. The topological polar surface area (TPSA) is 66.0 Å². The molecule has 1 amide bonds. The SMILES string of the molecule is CN=C(NCc1cccc(CN2CCCC2=O)c1)NCc1ccc(C)cc1OCC1CC1.I. The number of aliphatic imine (C=N–C) groups is 1. The number of carbonyl (C=O) groups excluding carboxylic acids is 1. The molecule has 6 nitrogen and oxygen atoms in total. The summed E-state index contributed by atoms with van der Waals surface area (Å²) in [5.74, 6) is 2.70. The molecule has 1 heterocycles. The number of carbonyl (C=O) groups is 1. The van der Waals surface area contributed by atoms with E-state index in [1.165, 1.54) is 29.5 Å². The summed E-state index contributed by atoms with van der Waals surface area (Å²) in [6.07, 6.45) is 4.21. The summed E-state index contributed by atoms with van der Waals surface area (Å²) in [4.78, 5) is 18.2. The lowest BCUT2D eigenvalue weighted by Crippen LogP contribution is -2.36. The third-order valence-corrected chi connectivity index (χ3v) is 6.06. The Bertz CT molecular complexity index is 975. The van der Waals surface area contributed by atoms with E-state index in [1.807, 2.05) is 4.90 Å². The van der Waals surface area contributed by atoms with Crippen molar-refractivity contribution in [3.8, 4) is 5.75 Å². The van der Waals surface area contributed by atoms with Gasteiger partial charge in [0.1, 0.15) is 5.75 Å². The van der Waals surface area contributed by atoms with E-state index in [1.54, 1.807) is 7.05 Å². The molecule has 2 aliphatic rings. The van der Waals surface area contributed by atoms with Gasteiger partial charge in [0.2, 0.25) is 5.91 Å². The Kier molecular flexibility index (Phi) is 9.41. The lowest BCUT2D eigenvalue weighted by molar-refractivity contribution is -0.128. The summed E-state index contributed by atoms with van der Waals surface area (Å²) in [7, 11) is 1.78. The molecule has 0 atom stereocenters. The zero-order valence-electron chi connectivity index (χ0n) is 19.6. The van der Waals surface area contributed by atoms with Crippen LogP contribution in [0.4, 0.5) is 0 Å². The van der Waals surface area contributed by atoms with Crippen LogP contribution in [0.2, 0.25) is 0 Å². The second kappa shape index (κ2) is 12.3. The van der Waals surface area contributed by atoms with Gasteiger partial charge in [0, 0.05) is 45.2 Å². The highest BCUT2D eigenvalue weighted by Crippen LogP contribution is 2.30. The first-order valence-electron chi connectivity index (χ1n) is 11.6. The van der Waals surface area contributed by atoms with Crippen LogP contribution in [0.15, 0.2) is 47.5 Å². The molecule has 2 aromatic rings. The zero-order chi connectivity index (χ0) is 22.3. The van der Waals surface area contributed by atoms with Crippen molar-refractivity contribution in [1.29, 1.82) is 0 Å². The molecular formula is C26H35IN4O2. The van der Waals surface area contributed by atoms with E-state index in [0.29, 0.717) is 26.1 Å². The number of likely N-dealkylation sites (tertiary alicyclic amines) is 1. The van der Waals surface area contributed by atoms with E-state index in [-0.39, 0.29) is 29.9 Å². The Morgan fingerprint density at radius 3 is 2.64 bits per heavy atom. The van der Waals surface area contributed by atoms with Crippen LogP contribution in [0.1, 0.15) is 47.9 Å². The van der Waals surface area contributed by atoms with Gasteiger partial charge in [-0.25, -0.2) is 0 Å². The standard InChI is InChI=1S/C26H34N4O2.HI/c1-19-8-11-23(24(13-19)32-18-20-9-10-20)16-29-26(27-2)28-15-21-5-3-6-22(14-21)17-30-12-4-7-25(30)31;/h3,5-6,8,11,13-14,20H,4,7,9-10,12,15-18H2,1-2H3,(H2,27,28,29);1H. The number of hydrogen-bond acceptors (Lipinski definition) is 3. The van der Waals surface area contributed by atoms with Gasteiger partial charge in [0.25, 0.3) is 0 Å². The Morgan fingerprint density at radius 1 is 1.12 bits per heavy atom. The molecule has 7 heteroatoms. The summed E-state index contributed by atoms with van der Waals surface area (Å²) in [6.45, 7) is 5.77. The number of amides is 1. The minimum atomic E-state index is 0. The minimum Gasteiger partial charge on any atom is -0.493 e. The third-order valence-electron chi connectivity index (χ3n) is 6.06. The second-order valence-electron chi connectivity index (χ2n) is 8.88. The molecule has 2 aromatic carbocycles. The maximum Gasteiger partial charge on any atom is 0.222 e. The summed E-state index contributed by atoms with van der Waals surface area (Å²) in [5, 5.41) is 6.80. The van der Waals surface area contributed by atoms with Crippen LogP contribution in [-0.4, -0.2) is 37.0 Å². The molecule has 1 saturated heterocycles. The van der Waals surface area contributed by atoms with E-state index in [2.05, 4.69) is 65.0 Å². The fourth-order valence-corrected chi connectivity index (χ4v) is 3.95. The Hall–Kier alpha value is -2.29. The molecule has 0 bridgehead atoms. The van der Waals surface area contributed by atoms with Gasteiger partial charge in [-0.15, -0.1) is 24.0 Å². The predicted molar refractivity (Wildman–Crippen MR) is 143 cm³/mol. The van der Waals surface area contributed by atoms with E-state index in [9.17, 15) is 4.79 Å². The number of nitrogens with zero attached hydrogens (tertiary/aromatic N) is 2. The molecule has 0 radical (unpaired) electrons. The van der Waals surface area contributed by atoms with Crippen molar-refractivity contribution < 1.29 is 9.53 Å². The molecule has 33 heavy (non-hydrogen) atoms. The molecule has 0 aromatic heterocycles. The molecule has 178 valence electrons. The van der Waals surface area contributed by atoms with Crippen LogP contribution in [0.3, 0.4) is 0 Å². The average Bonchev–Trinajstić information content (AvgIpc) is 3.55. The van der Waals surface area contributed by atoms with Crippen LogP contribution in [0.5, 0.6) is 5.75 Å². The van der Waals surface area contributed by atoms with Crippen molar-refractivity contribution in [1.82, 2.24) is 15.5 Å². The Balaban J connectivity index is 0.00000306. The van der Waals surface area contributed by atoms with Crippen LogP contribution in [0.25, 0.3) is 0 Å². The molecule has 4 rings (SSSR count). The quantitative estimate of drug-likeness (QED) is 0.271. The number of benzene rings is 2. The lowest BCUT2D eigenvalue weighted by Gasteiger charge is -2.17. The highest BCUT2D eigenvalue weighted by atomic mass is 127. The van der Waals surface area contributed by atoms with Crippen LogP contribution < -0.4 is 15.4 Å². The van der Waals surface area contributed by atoms with E-state index in [0.717, 1.165) is 42.8 Å². The van der Waals surface area contributed by atoms with Gasteiger partial charge in [-0.2, -0.15) is 0 Å². The smallest absolute Gasteiger partial charge is 0.222 e. The Labute approximate surface area is 214 Å². The molecule has 1 aliphatic heterocycles. The van der Waals surface area contributed by atoms with Crippen molar-refractivity contribution in [2.75, 3.05) is 20.2 Å². The van der Waals surface area contributed by atoms with E-state index < -0.39 is 0 Å². The summed E-state index contributed by atoms with van der Waals surface area (Å²) >= 11 is 0. The van der Waals surface area contributed by atoms with Crippen molar-refractivity contribution >= 4 is 35.8 Å². The number of rotatable bonds is 9. The van der Waals surface area contributed by atoms with Gasteiger partial charge < -0.3 is 20.3 Å². The highest BCUT2D eigenvalue weighted by molar-refractivity contribution is 14.0. The number of halogens is 1. The van der Waals surface area contributed by atoms with Gasteiger partial charge in [-0.3, -0.25) is 9.79 Å². The number of guanidine groups is 1. The fourth-order valence-electron chi connectivity index (χ4n) is 3.95. The molecule has 0 unspecified atom stereocenters. The molecule has 2 fully saturated rings. The van der Waals surface area contributed by atoms with Crippen LogP contribution in [0, 0.1) is 12.8 Å². The molecule has 1 saturated carbocycles. The average molecular weight is 562 g/mol. The zero-order valence-corrected chi connectivity index (χ0v) is 21.9. The number of ether oxygens (including phenoxy) is 1. The summed E-state index contributed by atoms with van der Waals surface area (Å²) in [6, 6.07) is 14.8. The van der Waals surface area contributed by atoms with Gasteiger partial charge in [0.15, 0.2) is 5.96 Å². The van der Waals surface area contributed by atoms with Gasteiger partial charge in [-0.1, -0.05) is 36.4 Å². The van der Waals surface area contributed by atoms with Crippen molar-refractivity contribution in [2.24, 2.45) is 10.9 Å². The van der Waals surface area contributed by atoms with Crippen LogP contribution >= 0.6 is 24.0 Å². The minimum absolute atomic E-state index is 0. The van der Waals surface area contributed by atoms with Crippen molar-refractivity contribution in [2.45, 2.75) is 52.2 Å². The van der Waals surface area contributed by atoms with E-state index in [4.69, 9.17) is 4.74 Å². The van der Waals surface area contributed by atoms with E-state index >= 15 is 0 Å². The molecule has 2 N–H and O–H groups in total. The lowest BCUT2D eigenvalue weighted by atomic mass is 10.1. The largest absolute Gasteiger partial charge is 0.493 e. The molecule has 0 spiro atoms. The molecule has 1 aliphatic carbocycles. The highest BCUT2D eigenvalue weighted by Gasteiger charge is 2.22. The Morgan fingerprint density at radius 2 is 1.91 bits per heavy atom. The van der Waals surface area contributed by atoms with Crippen molar-refractivity contribution in [3.63, 3.8) is 0 Å². The summed E-state index contributed by atoms with van der Waals surface area (Å²) in [5.41, 5.74) is 4.68. The molecular weight excluding hydrogens is 527 g/mol. The van der Waals surface area contributed by atoms with Crippen LogP contribution in [-0.2, 0) is 24.4 Å². The summed E-state index contributed by atoms with van der Waals surface area (Å²) < 4.78 is 6.08. The first-order valence-corrected chi connectivity index (χ1v) is 11.6. The predicted octanol–water partition coefficient (Wildman–Crippen LogP) is 4.39. The second-order valence-corrected chi connectivity index (χ2v) is 8.88. The number of hydrogen-bond donors (Lipinski definition) is 2. The van der Waals surface area contributed by atoms with Gasteiger partial charge in [0.05, 0.1) is 6.61 Å². The first kappa shape index (κ1) is 25.3. The maximum atomic E-state index is 11.9. The normalized spacial score (nSPS) is 15.9. The maximum absolute atomic E-state index is 11.9. The monoisotopic (exact) mass is 562 g/mol. The van der Waals surface area contributed by atoms with Gasteiger partial charge >= 0.3 is 0 Å². The van der Waals surface area contributed by atoms with Gasteiger partial charge in [-0.05, 0) is 54.9 Å². The number of nitrogens with one attached hydrogen (secondary N) is 2. The third kappa shape index (κ3) is 7.62.